The fraction of sp³-hybridized carbons (Fsp3) is 0.136. The maximum absolute atomic E-state index is 13.8. The van der Waals surface area contributed by atoms with Crippen LogP contribution in [0.15, 0.2) is 70.2 Å². The summed E-state index contributed by atoms with van der Waals surface area (Å²) in [5, 5.41) is 8.89. The standard InChI is InChI=1S/C22H15ClF3N3O3S/c1-31-20(30)18-10-9-15(32-18)12-33-21-28-27-19(13-5-4-6-14(23)11-13)29(21)17-8-3-2-7-16(17)22(24,25)26/h2-11H,12H2,1H3. The van der Waals surface area contributed by atoms with Crippen molar-refractivity contribution in [3.05, 3.63) is 82.8 Å². The van der Waals surface area contributed by atoms with E-state index in [1.807, 2.05) is 0 Å². The van der Waals surface area contributed by atoms with E-state index in [4.69, 9.17) is 16.0 Å². The Morgan fingerprint density at radius 3 is 2.64 bits per heavy atom. The number of thioether (sulfide) groups is 1. The zero-order valence-electron chi connectivity index (χ0n) is 17.0. The van der Waals surface area contributed by atoms with E-state index < -0.39 is 17.7 Å². The lowest BCUT2D eigenvalue weighted by molar-refractivity contribution is -0.137. The Labute approximate surface area is 195 Å². The molecule has 0 aliphatic rings. The van der Waals surface area contributed by atoms with Crippen LogP contribution < -0.4 is 0 Å². The minimum absolute atomic E-state index is 0.0246. The fourth-order valence-electron chi connectivity index (χ4n) is 3.10. The lowest BCUT2D eigenvalue weighted by Gasteiger charge is -2.16. The first-order valence-corrected chi connectivity index (χ1v) is 10.8. The molecule has 33 heavy (non-hydrogen) atoms. The van der Waals surface area contributed by atoms with Crippen molar-refractivity contribution in [1.82, 2.24) is 14.8 Å². The van der Waals surface area contributed by atoms with Crippen LogP contribution in [-0.4, -0.2) is 27.8 Å². The van der Waals surface area contributed by atoms with Crippen LogP contribution in [0.1, 0.15) is 21.9 Å². The zero-order chi connectivity index (χ0) is 23.6. The first-order valence-electron chi connectivity index (χ1n) is 9.45. The van der Waals surface area contributed by atoms with Crippen molar-refractivity contribution in [2.24, 2.45) is 0 Å². The van der Waals surface area contributed by atoms with Gasteiger partial charge in [-0.15, -0.1) is 10.2 Å². The molecule has 2 aromatic carbocycles. The molecule has 0 radical (unpaired) electrons. The second kappa shape index (κ2) is 9.32. The van der Waals surface area contributed by atoms with E-state index in [-0.39, 0.29) is 28.2 Å². The third-order valence-electron chi connectivity index (χ3n) is 4.56. The number of aromatic nitrogens is 3. The number of benzene rings is 2. The summed E-state index contributed by atoms with van der Waals surface area (Å²) in [5.41, 5.74) is -0.451. The van der Waals surface area contributed by atoms with Gasteiger partial charge in [-0.3, -0.25) is 4.57 Å². The van der Waals surface area contributed by atoms with Crippen LogP contribution in [0.2, 0.25) is 5.02 Å². The first-order chi connectivity index (χ1) is 15.8. The normalized spacial score (nSPS) is 11.5. The average Bonchev–Trinajstić information content (AvgIpc) is 3.44. The Kier molecular flexibility index (Phi) is 6.48. The largest absolute Gasteiger partial charge is 0.463 e. The Morgan fingerprint density at radius 2 is 1.91 bits per heavy atom. The maximum Gasteiger partial charge on any atom is 0.418 e. The number of methoxy groups -OCH3 is 1. The van der Waals surface area contributed by atoms with Gasteiger partial charge in [-0.25, -0.2) is 4.79 Å². The molecule has 0 spiro atoms. The SMILES string of the molecule is COC(=O)c1ccc(CSc2nnc(-c3cccc(Cl)c3)n2-c2ccccc2C(F)(F)F)o1. The highest BCUT2D eigenvalue weighted by atomic mass is 35.5. The van der Waals surface area contributed by atoms with E-state index in [0.717, 1.165) is 17.8 Å². The number of alkyl halides is 3. The average molecular weight is 494 g/mol. The monoisotopic (exact) mass is 493 g/mol. The van der Waals surface area contributed by atoms with E-state index in [0.29, 0.717) is 16.3 Å². The minimum Gasteiger partial charge on any atom is -0.463 e. The van der Waals surface area contributed by atoms with E-state index in [2.05, 4.69) is 14.9 Å². The highest BCUT2D eigenvalue weighted by molar-refractivity contribution is 7.98. The molecular formula is C22H15ClF3N3O3S. The Morgan fingerprint density at radius 1 is 1.12 bits per heavy atom. The van der Waals surface area contributed by atoms with Gasteiger partial charge in [0.15, 0.2) is 11.0 Å². The van der Waals surface area contributed by atoms with E-state index >= 15 is 0 Å². The Balaban J connectivity index is 1.78. The highest BCUT2D eigenvalue weighted by Gasteiger charge is 2.35. The van der Waals surface area contributed by atoms with Gasteiger partial charge in [0.2, 0.25) is 5.76 Å². The molecule has 170 valence electrons. The molecule has 6 nitrogen and oxygen atoms in total. The topological polar surface area (TPSA) is 70.2 Å². The van der Waals surface area contributed by atoms with Gasteiger partial charge in [0.1, 0.15) is 5.76 Å². The number of carbonyl (C=O) groups excluding carboxylic acids is 1. The number of furan rings is 1. The first kappa shape index (κ1) is 22.9. The number of hydrogen-bond acceptors (Lipinski definition) is 6. The summed E-state index contributed by atoms with van der Waals surface area (Å²) in [6.07, 6.45) is -4.59. The number of para-hydroxylation sites is 1. The van der Waals surface area contributed by atoms with Crippen molar-refractivity contribution in [2.75, 3.05) is 7.11 Å². The summed E-state index contributed by atoms with van der Waals surface area (Å²) in [5.74, 6) is 0.210. The van der Waals surface area contributed by atoms with Crippen molar-refractivity contribution >= 4 is 29.3 Å². The third-order valence-corrected chi connectivity index (χ3v) is 5.74. The lowest BCUT2D eigenvalue weighted by Crippen LogP contribution is -2.12. The van der Waals surface area contributed by atoms with Crippen LogP contribution in [0, 0.1) is 0 Å². The number of esters is 1. The number of hydrogen-bond donors (Lipinski definition) is 0. The quantitative estimate of drug-likeness (QED) is 0.232. The van der Waals surface area contributed by atoms with Crippen LogP contribution in [-0.2, 0) is 16.7 Å². The molecule has 2 heterocycles. The fourth-order valence-corrected chi connectivity index (χ4v) is 4.13. The molecule has 4 aromatic rings. The van der Waals surface area contributed by atoms with Crippen LogP contribution >= 0.6 is 23.4 Å². The summed E-state index contributed by atoms with van der Waals surface area (Å²) in [6.45, 7) is 0. The molecule has 0 aliphatic heterocycles. The van der Waals surface area contributed by atoms with Crippen molar-refractivity contribution in [3.8, 4) is 17.1 Å². The van der Waals surface area contributed by atoms with Crippen molar-refractivity contribution < 1.29 is 27.1 Å². The smallest absolute Gasteiger partial charge is 0.418 e. The lowest BCUT2D eigenvalue weighted by atomic mass is 10.1. The van der Waals surface area contributed by atoms with E-state index in [1.165, 1.54) is 35.9 Å². The second-order valence-corrected chi connectivity index (χ2v) is 8.09. The maximum atomic E-state index is 13.8. The second-order valence-electron chi connectivity index (χ2n) is 6.71. The van der Waals surface area contributed by atoms with E-state index in [9.17, 15) is 18.0 Å². The van der Waals surface area contributed by atoms with Gasteiger partial charge in [0.05, 0.1) is 24.1 Å². The number of carbonyl (C=O) groups is 1. The van der Waals surface area contributed by atoms with Gasteiger partial charge in [-0.1, -0.05) is 47.6 Å². The summed E-state index contributed by atoms with van der Waals surface area (Å²) in [4.78, 5) is 11.6. The van der Waals surface area contributed by atoms with Gasteiger partial charge in [0, 0.05) is 10.6 Å². The molecule has 4 rings (SSSR count). The highest BCUT2D eigenvalue weighted by Crippen LogP contribution is 2.38. The molecule has 0 N–H and O–H groups in total. The summed E-state index contributed by atoms with van der Waals surface area (Å²) in [7, 11) is 1.23. The molecule has 0 aliphatic carbocycles. The molecular weight excluding hydrogens is 479 g/mol. The molecule has 0 bridgehead atoms. The van der Waals surface area contributed by atoms with Gasteiger partial charge >= 0.3 is 12.1 Å². The van der Waals surface area contributed by atoms with Crippen molar-refractivity contribution in [3.63, 3.8) is 0 Å². The molecule has 0 atom stereocenters. The van der Waals surface area contributed by atoms with Crippen LogP contribution in [0.4, 0.5) is 13.2 Å². The number of nitrogens with zero attached hydrogens (tertiary/aromatic N) is 3. The molecule has 0 unspecified atom stereocenters. The summed E-state index contributed by atoms with van der Waals surface area (Å²) in [6, 6.07) is 14.8. The molecule has 2 aromatic heterocycles. The van der Waals surface area contributed by atoms with Crippen LogP contribution in [0.25, 0.3) is 17.1 Å². The summed E-state index contributed by atoms with van der Waals surface area (Å²) < 4.78 is 52.8. The van der Waals surface area contributed by atoms with Crippen molar-refractivity contribution in [1.29, 1.82) is 0 Å². The Hall–Kier alpha value is -3.24. The summed E-state index contributed by atoms with van der Waals surface area (Å²) >= 11 is 7.20. The third kappa shape index (κ3) is 4.91. The van der Waals surface area contributed by atoms with Gasteiger partial charge < -0.3 is 9.15 Å². The van der Waals surface area contributed by atoms with Gasteiger partial charge in [-0.05, 0) is 36.4 Å². The predicted molar refractivity (Wildman–Crippen MR) is 116 cm³/mol. The predicted octanol–water partition coefficient (Wildman–Crippen LogP) is 6.28. The zero-order valence-corrected chi connectivity index (χ0v) is 18.5. The van der Waals surface area contributed by atoms with Crippen LogP contribution in [0.5, 0.6) is 0 Å². The van der Waals surface area contributed by atoms with Crippen molar-refractivity contribution in [2.45, 2.75) is 17.1 Å². The number of halogens is 4. The molecule has 0 saturated carbocycles. The van der Waals surface area contributed by atoms with E-state index in [1.54, 1.807) is 30.3 Å². The number of rotatable bonds is 6. The Bertz CT molecular complexity index is 1300. The van der Waals surface area contributed by atoms with Gasteiger partial charge in [-0.2, -0.15) is 13.2 Å². The molecule has 0 fully saturated rings. The molecule has 0 saturated heterocycles. The minimum atomic E-state index is -4.59. The van der Waals surface area contributed by atoms with Crippen LogP contribution in [0.3, 0.4) is 0 Å². The number of ether oxygens (including phenoxy) is 1. The molecule has 11 heteroatoms. The molecule has 0 amide bonds. The van der Waals surface area contributed by atoms with Gasteiger partial charge in [0.25, 0.3) is 0 Å².